The lowest BCUT2D eigenvalue weighted by molar-refractivity contribution is 1.03. The van der Waals surface area contributed by atoms with Crippen LogP contribution in [-0.4, -0.2) is 0 Å². The first-order valence-corrected chi connectivity index (χ1v) is 3.95. The van der Waals surface area contributed by atoms with Gasteiger partial charge in [-0.25, -0.2) is 0 Å². The first-order valence-electron chi connectivity index (χ1n) is 3.95. The lowest BCUT2D eigenvalue weighted by atomic mass is 10.2. The average Bonchev–Trinajstić information content (AvgIpc) is 2.01. The monoisotopic (exact) mass is 134 g/mol. The van der Waals surface area contributed by atoms with Gasteiger partial charge in [0, 0.05) is 0 Å². The summed E-state index contributed by atoms with van der Waals surface area (Å²) < 4.78 is 0. The standard InChI is InChI=1S/C10H14/c1-2-4-6-8-10-9-7-5-3-1/h1-2,5-8H,3-4,9-10H2. The van der Waals surface area contributed by atoms with Crippen molar-refractivity contribution in [3.63, 3.8) is 0 Å². The van der Waals surface area contributed by atoms with Crippen LogP contribution in [-0.2, 0) is 0 Å². The maximum atomic E-state index is 2.25. The smallest absolute Gasteiger partial charge is 0.0169 e. The van der Waals surface area contributed by atoms with E-state index in [2.05, 4.69) is 36.5 Å². The number of rotatable bonds is 0. The van der Waals surface area contributed by atoms with E-state index in [1.54, 1.807) is 0 Å². The van der Waals surface area contributed by atoms with Gasteiger partial charge < -0.3 is 0 Å². The van der Waals surface area contributed by atoms with Gasteiger partial charge >= 0.3 is 0 Å². The van der Waals surface area contributed by atoms with E-state index in [1.165, 1.54) is 12.8 Å². The Kier molecular flexibility index (Phi) is 3.69. The third kappa shape index (κ3) is 3.29. The van der Waals surface area contributed by atoms with E-state index < -0.39 is 0 Å². The molecule has 0 saturated heterocycles. The van der Waals surface area contributed by atoms with Gasteiger partial charge in [0.05, 0.1) is 0 Å². The summed E-state index contributed by atoms with van der Waals surface area (Å²) in [6.07, 6.45) is 18.0. The molecule has 0 radical (unpaired) electrons. The quantitative estimate of drug-likeness (QED) is 0.446. The largest absolute Gasteiger partial charge is 0.0879 e. The molecular weight excluding hydrogens is 120 g/mol. The summed E-state index contributed by atoms with van der Waals surface area (Å²) in [4.78, 5) is 0. The molecule has 0 heteroatoms. The van der Waals surface area contributed by atoms with Crippen LogP contribution in [0.25, 0.3) is 0 Å². The maximum absolute atomic E-state index is 2.25. The predicted octanol–water partition coefficient (Wildman–Crippen LogP) is 3.23. The van der Waals surface area contributed by atoms with Crippen LogP contribution in [0.3, 0.4) is 0 Å². The maximum Gasteiger partial charge on any atom is -0.0169 e. The van der Waals surface area contributed by atoms with Gasteiger partial charge in [0.2, 0.25) is 0 Å². The normalized spacial score (nSPS) is 19.2. The fourth-order valence-electron chi connectivity index (χ4n) is 0.970. The number of hydrogen-bond acceptors (Lipinski definition) is 0. The topological polar surface area (TPSA) is 0 Å². The summed E-state index contributed by atoms with van der Waals surface area (Å²) >= 11 is 0. The predicted molar refractivity (Wildman–Crippen MR) is 45.9 cm³/mol. The molecule has 0 atom stereocenters. The lowest BCUT2D eigenvalue weighted by Gasteiger charge is -1.89. The van der Waals surface area contributed by atoms with Gasteiger partial charge in [0.15, 0.2) is 0 Å². The zero-order chi connectivity index (χ0) is 7.07. The number of hydrogen-bond donors (Lipinski definition) is 0. The minimum atomic E-state index is 1.10. The lowest BCUT2D eigenvalue weighted by Crippen LogP contribution is -1.68. The van der Waals surface area contributed by atoms with Crippen LogP contribution in [0.4, 0.5) is 0 Å². The van der Waals surface area contributed by atoms with Gasteiger partial charge in [0.1, 0.15) is 0 Å². The van der Waals surface area contributed by atoms with Crippen LogP contribution in [0.2, 0.25) is 0 Å². The van der Waals surface area contributed by atoms with Crippen LogP contribution in [0.15, 0.2) is 36.5 Å². The molecule has 54 valence electrons. The van der Waals surface area contributed by atoms with Gasteiger partial charge in [-0.2, -0.15) is 0 Å². The third-order valence-electron chi connectivity index (χ3n) is 1.54. The van der Waals surface area contributed by atoms with Crippen LogP contribution in [0.5, 0.6) is 0 Å². The SMILES string of the molecule is C1=CCC=CCCC=CC1. The third-order valence-corrected chi connectivity index (χ3v) is 1.54. The van der Waals surface area contributed by atoms with Crippen LogP contribution in [0.1, 0.15) is 25.7 Å². The van der Waals surface area contributed by atoms with Crippen molar-refractivity contribution >= 4 is 0 Å². The Bertz CT molecular complexity index is 131. The summed E-state index contributed by atoms with van der Waals surface area (Å²) in [5.74, 6) is 0. The molecule has 0 saturated carbocycles. The van der Waals surface area contributed by atoms with Crippen LogP contribution >= 0.6 is 0 Å². The molecular formula is C10H14. The molecule has 0 amide bonds. The Balaban J connectivity index is 2.38. The molecule has 0 heterocycles. The summed E-state index contributed by atoms with van der Waals surface area (Å²) in [5, 5.41) is 0. The van der Waals surface area contributed by atoms with Crippen molar-refractivity contribution in [2.45, 2.75) is 25.7 Å². The zero-order valence-electron chi connectivity index (χ0n) is 6.29. The van der Waals surface area contributed by atoms with E-state index in [0.29, 0.717) is 0 Å². The van der Waals surface area contributed by atoms with Crippen molar-refractivity contribution in [1.29, 1.82) is 0 Å². The Morgan fingerprint density at radius 1 is 0.500 bits per heavy atom. The molecule has 10 heavy (non-hydrogen) atoms. The van der Waals surface area contributed by atoms with Crippen molar-refractivity contribution in [3.8, 4) is 0 Å². The summed E-state index contributed by atoms with van der Waals surface area (Å²) in [6.45, 7) is 0. The molecule has 0 unspecified atom stereocenters. The number of allylic oxidation sites excluding steroid dienone is 6. The summed E-state index contributed by atoms with van der Waals surface area (Å²) in [6, 6.07) is 0. The highest BCUT2D eigenvalue weighted by atomic mass is 13.9. The zero-order valence-corrected chi connectivity index (χ0v) is 6.29. The van der Waals surface area contributed by atoms with E-state index >= 15 is 0 Å². The Morgan fingerprint density at radius 3 is 1.40 bits per heavy atom. The van der Waals surface area contributed by atoms with Crippen molar-refractivity contribution in [1.82, 2.24) is 0 Å². The summed E-state index contributed by atoms with van der Waals surface area (Å²) in [7, 11) is 0. The van der Waals surface area contributed by atoms with Crippen LogP contribution < -0.4 is 0 Å². The molecule has 0 aliphatic heterocycles. The average molecular weight is 134 g/mol. The fourth-order valence-corrected chi connectivity index (χ4v) is 0.970. The van der Waals surface area contributed by atoms with E-state index in [4.69, 9.17) is 0 Å². The van der Waals surface area contributed by atoms with E-state index in [9.17, 15) is 0 Å². The molecule has 0 aromatic rings. The molecule has 0 fully saturated rings. The highest BCUT2D eigenvalue weighted by molar-refractivity contribution is 4.99. The Morgan fingerprint density at radius 2 is 0.900 bits per heavy atom. The second-order valence-corrected chi connectivity index (χ2v) is 2.46. The van der Waals surface area contributed by atoms with Crippen molar-refractivity contribution < 1.29 is 0 Å². The molecule has 0 aromatic carbocycles. The highest BCUT2D eigenvalue weighted by Crippen LogP contribution is 1.99. The van der Waals surface area contributed by atoms with Gasteiger partial charge in [-0.1, -0.05) is 36.5 Å². The van der Waals surface area contributed by atoms with Gasteiger partial charge in [-0.3, -0.25) is 0 Å². The fraction of sp³-hybridized carbons (Fsp3) is 0.400. The van der Waals surface area contributed by atoms with Gasteiger partial charge in [0.25, 0.3) is 0 Å². The van der Waals surface area contributed by atoms with E-state index in [0.717, 1.165) is 12.8 Å². The molecule has 1 aliphatic carbocycles. The first kappa shape index (κ1) is 7.33. The second kappa shape index (κ2) is 5.04. The minimum absolute atomic E-state index is 1.10. The highest BCUT2D eigenvalue weighted by Gasteiger charge is 1.79. The molecule has 0 spiro atoms. The second-order valence-electron chi connectivity index (χ2n) is 2.46. The van der Waals surface area contributed by atoms with Gasteiger partial charge in [-0.15, -0.1) is 0 Å². The Hall–Kier alpha value is -0.780. The molecule has 0 aromatic heterocycles. The van der Waals surface area contributed by atoms with Gasteiger partial charge in [-0.05, 0) is 25.7 Å². The molecule has 0 nitrogen and oxygen atoms in total. The Labute approximate surface area is 62.9 Å². The molecule has 1 aliphatic rings. The summed E-state index contributed by atoms with van der Waals surface area (Å²) in [5.41, 5.74) is 0. The van der Waals surface area contributed by atoms with Crippen molar-refractivity contribution in [2.24, 2.45) is 0 Å². The van der Waals surface area contributed by atoms with E-state index in [1.807, 2.05) is 0 Å². The van der Waals surface area contributed by atoms with Crippen LogP contribution in [0, 0.1) is 0 Å². The first-order chi connectivity index (χ1) is 5.00. The molecule has 0 bridgehead atoms. The minimum Gasteiger partial charge on any atom is -0.0879 e. The van der Waals surface area contributed by atoms with Crippen molar-refractivity contribution in [3.05, 3.63) is 36.5 Å². The molecule has 1 rings (SSSR count). The molecule has 0 N–H and O–H groups in total. The van der Waals surface area contributed by atoms with E-state index in [-0.39, 0.29) is 0 Å². The van der Waals surface area contributed by atoms with Crippen molar-refractivity contribution in [2.75, 3.05) is 0 Å².